The smallest absolute Gasteiger partial charge is 0.323 e. The van der Waals surface area contributed by atoms with Crippen LogP contribution in [0, 0.1) is 0 Å². The van der Waals surface area contributed by atoms with E-state index in [2.05, 4.69) is 77.3 Å². The molecule has 4 saturated heterocycles. The molecule has 6 heteroatoms. The number of para-hydroxylation sites is 2. The lowest BCUT2D eigenvalue weighted by Crippen LogP contribution is -2.59. The summed E-state index contributed by atoms with van der Waals surface area (Å²) in [6.07, 6.45) is 2.67. The summed E-state index contributed by atoms with van der Waals surface area (Å²) in [5, 5.41) is 0. The molecule has 6 aliphatic heterocycles. The first-order chi connectivity index (χ1) is 14.5. The highest BCUT2D eigenvalue weighted by molar-refractivity contribution is 5.93. The van der Waals surface area contributed by atoms with Gasteiger partial charge in [-0.05, 0) is 18.6 Å². The summed E-state index contributed by atoms with van der Waals surface area (Å²) in [4.78, 5) is 34.4. The predicted octanol–water partition coefficient (Wildman–Crippen LogP) is 2.44. The summed E-state index contributed by atoms with van der Waals surface area (Å²) in [5.74, 6) is -0.129. The third-order valence-corrected chi connectivity index (χ3v) is 9.46. The summed E-state index contributed by atoms with van der Waals surface area (Å²) in [6, 6.07) is 17.0. The van der Waals surface area contributed by atoms with Gasteiger partial charge in [0.2, 0.25) is 17.6 Å². The molecule has 0 aromatic heterocycles. The summed E-state index contributed by atoms with van der Waals surface area (Å²) in [6.45, 7) is 0. The molecule has 2 aromatic carbocycles. The molecule has 6 aliphatic rings. The van der Waals surface area contributed by atoms with Gasteiger partial charge in [0.15, 0.2) is 5.54 Å². The number of anilines is 2. The number of carbonyl (C=O) groups is 2. The number of piperidine rings is 1. The van der Waals surface area contributed by atoms with E-state index in [1.807, 2.05) is 0 Å². The molecule has 30 heavy (non-hydrogen) atoms. The summed E-state index contributed by atoms with van der Waals surface area (Å²) < 4.78 is 0.379. The van der Waals surface area contributed by atoms with Crippen LogP contribution in [0.3, 0.4) is 0 Å². The molecular weight excluding hydrogens is 376 g/mol. The van der Waals surface area contributed by atoms with E-state index >= 15 is 0 Å². The Morgan fingerprint density at radius 1 is 0.900 bits per heavy atom. The zero-order chi connectivity index (χ0) is 20.3. The fraction of sp³-hybridized carbons (Fsp3) is 0.417. The van der Waals surface area contributed by atoms with Crippen LogP contribution in [0.5, 0.6) is 0 Å². The maximum absolute atomic E-state index is 13.9. The van der Waals surface area contributed by atoms with Crippen molar-refractivity contribution >= 4 is 23.2 Å². The van der Waals surface area contributed by atoms with Crippen LogP contribution in [0.25, 0.3) is 0 Å². The van der Waals surface area contributed by atoms with Gasteiger partial charge in [-0.3, -0.25) is 9.69 Å². The van der Waals surface area contributed by atoms with Crippen LogP contribution in [-0.4, -0.2) is 47.2 Å². The first-order valence-electron chi connectivity index (χ1n) is 10.9. The van der Waals surface area contributed by atoms with Gasteiger partial charge < -0.3 is 4.90 Å². The molecule has 4 fully saturated rings. The molecule has 0 N–H and O–H groups in total. The normalized spacial score (nSPS) is 43.3. The molecule has 0 saturated carbocycles. The van der Waals surface area contributed by atoms with Crippen molar-refractivity contribution in [3.05, 3.63) is 59.7 Å². The summed E-state index contributed by atoms with van der Waals surface area (Å²) >= 11 is 0. The topological polar surface area (TPSA) is 43.9 Å². The van der Waals surface area contributed by atoms with Gasteiger partial charge in [-0.1, -0.05) is 36.4 Å². The van der Waals surface area contributed by atoms with Crippen LogP contribution in [0.2, 0.25) is 0 Å². The quantitative estimate of drug-likeness (QED) is 0.504. The predicted molar refractivity (Wildman–Crippen MR) is 110 cm³/mol. The number of hydrogen-bond acceptors (Lipinski definition) is 4. The van der Waals surface area contributed by atoms with E-state index in [1.165, 1.54) is 22.5 Å². The molecule has 5 atom stereocenters. The summed E-state index contributed by atoms with van der Waals surface area (Å²) in [7, 11) is 4.23. The molecule has 150 valence electrons. The molecular formula is C24H23N4O2+. The minimum Gasteiger partial charge on any atom is -0.323 e. The van der Waals surface area contributed by atoms with E-state index in [0.29, 0.717) is 23.2 Å². The molecule has 0 bridgehead atoms. The highest BCUT2D eigenvalue weighted by Crippen LogP contribution is 2.88. The largest absolute Gasteiger partial charge is 0.331 e. The van der Waals surface area contributed by atoms with E-state index in [4.69, 9.17) is 0 Å². The van der Waals surface area contributed by atoms with Gasteiger partial charge in [0.05, 0.1) is 12.1 Å². The number of carbonyl (C=O) groups excluding carboxylic acids is 2. The number of quaternary nitrogens is 1. The standard InChI is InChI=1S/C24H23N4O2/c1-25-17-9-5-3-7-15(17)22-13-11-19(29)27(22)24-23(14-12-20(30)28(23,24)21(22)25)16-8-4-6-10-18(16)26(24)2/h3-10,21H,11-14H2,1-2H3/q+1/t21?,22-,23-,24?,28?/m1/s1. The zero-order valence-corrected chi connectivity index (χ0v) is 17.1. The molecule has 8 rings (SSSR count). The van der Waals surface area contributed by atoms with Gasteiger partial charge in [0.1, 0.15) is 0 Å². The van der Waals surface area contributed by atoms with Crippen LogP contribution in [-0.2, 0) is 20.7 Å². The number of rotatable bonds is 0. The maximum Gasteiger partial charge on any atom is 0.331 e. The van der Waals surface area contributed by atoms with Crippen molar-refractivity contribution in [2.24, 2.45) is 0 Å². The van der Waals surface area contributed by atoms with E-state index in [0.717, 1.165) is 12.8 Å². The van der Waals surface area contributed by atoms with Crippen molar-refractivity contribution in [1.82, 2.24) is 4.90 Å². The van der Waals surface area contributed by atoms with Crippen molar-refractivity contribution in [3.8, 4) is 0 Å². The van der Waals surface area contributed by atoms with Gasteiger partial charge in [0.25, 0.3) is 0 Å². The second-order valence-electron chi connectivity index (χ2n) is 9.84. The average molecular weight is 399 g/mol. The van der Waals surface area contributed by atoms with Gasteiger partial charge in [-0.2, -0.15) is 4.48 Å². The summed E-state index contributed by atoms with van der Waals surface area (Å²) in [5.41, 5.74) is 4.03. The first-order valence-corrected chi connectivity index (χ1v) is 10.9. The lowest BCUT2D eigenvalue weighted by Gasteiger charge is -2.37. The van der Waals surface area contributed by atoms with Crippen molar-refractivity contribution in [2.45, 2.75) is 48.7 Å². The molecule has 4 spiro atoms. The maximum atomic E-state index is 13.9. The third kappa shape index (κ3) is 1.01. The lowest BCUT2D eigenvalue weighted by atomic mass is 9.83. The Bertz CT molecular complexity index is 1200. The Morgan fingerprint density at radius 3 is 2.40 bits per heavy atom. The minimum absolute atomic E-state index is 0.0628. The van der Waals surface area contributed by atoms with Gasteiger partial charge in [-0.25, -0.2) is 9.69 Å². The second kappa shape index (κ2) is 4.14. The Labute approximate surface area is 174 Å². The highest BCUT2D eigenvalue weighted by atomic mass is 16.2. The van der Waals surface area contributed by atoms with Crippen LogP contribution in [0.15, 0.2) is 48.5 Å². The minimum atomic E-state index is -0.619. The number of piperazine rings is 1. The van der Waals surface area contributed by atoms with Crippen molar-refractivity contribution in [1.29, 1.82) is 0 Å². The average Bonchev–Trinajstić information content (AvgIpc) is 3.23. The molecule has 2 amide bonds. The highest BCUT2D eigenvalue weighted by Gasteiger charge is 3.12. The Morgan fingerprint density at radius 2 is 1.60 bits per heavy atom. The van der Waals surface area contributed by atoms with Crippen LogP contribution in [0.1, 0.15) is 36.8 Å². The van der Waals surface area contributed by atoms with Crippen molar-refractivity contribution < 1.29 is 14.1 Å². The number of likely N-dealkylation sites (N-methyl/N-ethyl adjacent to an activating group) is 2. The number of benzene rings is 2. The molecule has 6 nitrogen and oxygen atoms in total. The number of amides is 2. The van der Waals surface area contributed by atoms with Gasteiger partial charge >= 0.3 is 11.7 Å². The third-order valence-electron chi connectivity index (χ3n) is 9.46. The fourth-order valence-corrected chi connectivity index (χ4v) is 9.07. The lowest BCUT2D eigenvalue weighted by molar-refractivity contribution is -0.796. The van der Waals surface area contributed by atoms with Gasteiger partial charge in [-0.15, -0.1) is 0 Å². The van der Waals surface area contributed by atoms with Gasteiger partial charge in [0, 0.05) is 43.8 Å². The number of fused-ring (bicyclic) bond motifs is 2. The molecule has 3 unspecified atom stereocenters. The molecule has 0 radical (unpaired) electrons. The van der Waals surface area contributed by atoms with E-state index in [9.17, 15) is 9.59 Å². The monoisotopic (exact) mass is 399 g/mol. The van der Waals surface area contributed by atoms with Crippen LogP contribution < -0.4 is 9.80 Å². The first kappa shape index (κ1) is 15.9. The Kier molecular flexibility index (Phi) is 2.20. The SMILES string of the molecule is CN1c2ccccc2[C@@]23CCC(=O)N2C24N(C)c5ccccc5[C@]25CCC(=O)[N+]45C13. The molecule has 6 heterocycles. The van der Waals surface area contributed by atoms with Crippen LogP contribution in [0.4, 0.5) is 11.4 Å². The number of hydrogen-bond donors (Lipinski definition) is 0. The fourth-order valence-electron chi connectivity index (χ4n) is 9.07. The van der Waals surface area contributed by atoms with E-state index in [1.54, 1.807) is 0 Å². The van der Waals surface area contributed by atoms with Crippen LogP contribution >= 0.6 is 0 Å². The number of nitrogens with zero attached hydrogens (tertiary/aromatic N) is 4. The van der Waals surface area contributed by atoms with Crippen molar-refractivity contribution in [2.75, 3.05) is 23.9 Å². The second-order valence-corrected chi connectivity index (χ2v) is 9.84. The van der Waals surface area contributed by atoms with E-state index < -0.39 is 11.3 Å². The van der Waals surface area contributed by atoms with Crippen molar-refractivity contribution in [3.63, 3.8) is 0 Å². The van der Waals surface area contributed by atoms with E-state index in [-0.39, 0.29) is 17.6 Å². The Hall–Kier alpha value is -2.86. The zero-order valence-electron chi connectivity index (χ0n) is 17.1. The molecule has 2 aromatic rings. The Balaban J connectivity index is 1.53. The molecule has 0 aliphatic carbocycles.